The first kappa shape index (κ1) is 38.9. The van der Waals surface area contributed by atoms with Crippen molar-refractivity contribution in [2.75, 3.05) is 0 Å². The third kappa shape index (κ3) is 5.97. The molecule has 63 heavy (non-hydrogen) atoms. The van der Waals surface area contributed by atoms with Gasteiger partial charge in [-0.15, -0.1) is 5.46 Å². The maximum Gasteiger partial charge on any atom is 0.141 e. The summed E-state index contributed by atoms with van der Waals surface area (Å²) in [4.78, 5) is 0. The fraction of sp³-hybridized carbons (Fsp3) is 0. The SMILES string of the molecule is Bc1c(B)c(B)c2c(c1B)c1c(B)c(-c3ccc4c(c3)c3c(-c5ccccc5)cccc3n4-c3ccc(-c4ccccc4)cc3)c(B)c(B)c1n2-c1ccccc1-c1ccccc1. The lowest BCUT2D eigenvalue weighted by atomic mass is 9.64. The van der Waals surface area contributed by atoms with E-state index >= 15 is 0 Å². The first-order valence-corrected chi connectivity index (χ1v) is 22.2. The predicted octanol–water partition coefficient (Wildman–Crippen LogP) is 2.36. The Morgan fingerprint density at radius 3 is 1.48 bits per heavy atom. The van der Waals surface area contributed by atoms with E-state index in [4.69, 9.17) is 0 Å². The van der Waals surface area contributed by atoms with Crippen molar-refractivity contribution in [1.82, 2.24) is 9.13 Å². The highest BCUT2D eigenvalue weighted by Gasteiger charge is 2.26. The minimum Gasteiger partial charge on any atom is -0.310 e. The molecule has 11 aromatic rings. The highest BCUT2D eigenvalue weighted by molar-refractivity contribution is 6.69. The minimum atomic E-state index is 1.15. The molecule has 0 fully saturated rings. The molecule has 0 radical (unpaired) electrons. The van der Waals surface area contributed by atoms with Gasteiger partial charge in [-0.3, -0.25) is 0 Å². The van der Waals surface area contributed by atoms with Gasteiger partial charge in [-0.05, 0) is 80.7 Å². The van der Waals surface area contributed by atoms with Crippen molar-refractivity contribution in [1.29, 1.82) is 0 Å². The number of para-hydroxylation sites is 1. The fourth-order valence-corrected chi connectivity index (χ4v) is 10.7. The van der Waals surface area contributed by atoms with Crippen LogP contribution >= 0.6 is 0 Å². The molecule has 2 aromatic heterocycles. The van der Waals surface area contributed by atoms with Crippen LogP contribution < -0.4 is 38.2 Å². The summed E-state index contributed by atoms with van der Waals surface area (Å²) in [7, 11) is 16.3. The lowest BCUT2D eigenvalue weighted by Crippen LogP contribution is -2.48. The Morgan fingerprint density at radius 1 is 0.302 bits per heavy atom. The van der Waals surface area contributed by atoms with Crippen LogP contribution in [0, 0.1) is 0 Å². The zero-order valence-electron chi connectivity index (χ0n) is 37.1. The van der Waals surface area contributed by atoms with E-state index in [1.165, 1.54) is 132 Å². The Balaban J connectivity index is 1.21. The van der Waals surface area contributed by atoms with E-state index in [0.717, 1.165) is 5.69 Å². The van der Waals surface area contributed by atoms with Gasteiger partial charge in [0, 0.05) is 38.4 Å². The molecule has 0 bridgehead atoms. The van der Waals surface area contributed by atoms with Gasteiger partial charge in [0.15, 0.2) is 0 Å². The summed E-state index contributed by atoms with van der Waals surface area (Å²) in [6.45, 7) is 0. The molecule has 0 spiro atoms. The van der Waals surface area contributed by atoms with Gasteiger partial charge < -0.3 is 9.13 Å². The predicted molar refractivity (Wildman–Crippen MR) is 294 cm³/mol. The van der Waals surface area contributed by atoms with Gasteiger partial charge in [-0.1, -0.05) is 172 Å². The smallest absolute Gasteiger partial charge is 0.141 e. The Hall–Kier alpha value is -6.97. The molecular formula is C54H43B7N2. The van der Waals surface area contributed by atoms with Crippen molar-refractivity contribution in [2.24, 2.45) is 0 Å². The topological polar surface area (TPSA) is 9.86 Å². The standard InChI is InChI=1S/C54H43B7N2/c55-46-42(47(56)51(60)53-44(46)45-48(57)49(58)50(59)52(61)54(45)63(53)39-21-11-10-19-36(39)32-15-6-2-7-16-32)34-25-28-40-38(29-34)43-37(33-17-8-3-9-18-33)20-12-22-41(43)62(40)35-26-23-31(24-27-35)30-13-4-1-5-14-30/h1-29H,55-61H2. The van der Waals surface area contributed by atoms with Gasteiger partial charge in [-0.2, -0.15) is 0 Å². The molecule has 2 heterocycles. The second kappa shape index (κ2) is 15.1. The van der Waals surface area contributed by atoms with E-state index < -0.39 is 0 Å². The summed E-state index contributed by atoms with van der Waals surface area (Å²) in [6.07, 6.45) is 0. The average Bonchev–Trinajstić information content (AvgIpc) is 3.87. The number of fused-ring (bicyclic) bond motifs is 6. The summed E-state index contributed by atoms with van der Waals surface area (Å²) in [6, 6.07) is 64.4. The number of benzene rings is 9. The molecule has 0 unspecified atom stereocenters. The normalized spacial score (nSPS) is 11.6. The van der Waals surface area contributed by atoms with Crippen LogP contribution in [0.15, 0.2) is 176 Å². The zero-order valence-corrected chi connectivity index (χ0v) is 37.1. The second-order valence-corrected chi connectivity index (χ2v) is 17.5. The molecule has 0 aliphatic carbocycles. The number of nitrogens with zero attached hydrogens (tertiary/aromatic N) is 2. The highest BCUT2D eigenvalue weighted by Crippen LogP contribution is 2.41. The zero-order chi connectivity index (χ0) is 43.1. The van der Waals surface area contributed by atoms with Crippen LogP contribution in [0.1, 0.15) is 0 Å². The molecule has 290 valence electrons. The molecule has 0 saturated carbocycles. The van der Waals surface area contributed by atoms with Crippen LogP contribution in [0.4, 0.5) is 0 Å². The maximum absolute atomic E-state index is 2.60. The van der Waals surface area contributed by atoms with Crippen LogP contribution in [0.2, 0.25) is 0 Å². The van der Waals surface area contributed by atoms with Gasteiger partial charge in [-0.25, -0.2) is 0 Å². The van der Waals surface area contributed by atoms with E-state index in [1.54, 1.807) is 0 Å². The number of rotatable bonds is 6. The second-order valence-electron chi connectivity index (χ2n) is 17.5. The maximum atomic E-state index is 2.60. The monoisotopic (exact) mass is 796 g/mol. The quantitative estimate of drug-likeness (QED) is 0.229. The first-order chi connectivity index (χ1) is 30.7. The molecule has 0 aliphatic rings. The van der Waals surface area contributed by atoms with Gasteiger partial charge in [0.05, 0.1) is 16.7 Å². The number of aromatic nitrogens is 2. The van der Waals surface area contributed by atoms with Crippen molar-refractivity contribution in [3.63, 3.8) is 0 Å². The lowest BCUT2D eigenvalue weighted by molar-refractivity contribution is 1.18. The van der Waals surface area contributed by atoms with E-state index in [1.807, 2.05) is 0 Å². The Kier molecular flexibility index (Phi) is 9.35. The summed E-state index contributed by atoms with van der Waals surface area (Å²) in [5.41, 5.74) is 26.6. The fourth-order valence-electron chi connectivity index (χ4n) is 10.7. The van der Waals surface area contributed by atoms with Crippen LogP contribution in [-0.4, -0.2) is 64.1 Å². The summed E-state index contributed by atoms with van der Waals surface area (Å²) >= 11 is 0. The van der Waals surface area contributed by atoms with Crippen molar-refractivity contribution in [3.8, 4) is 55.9 Å². The van der Waals surface area contributed by atoms with Crippen molar-refractivity contribution < 1.29 is 0 Å². The van der Waals surface area contributed by atoms with Crippen LogP contribution in [0.5, 0.6) is 0 Å². The molecule has 2 nitrogen and oxygen atoms in total. The lowest BCUT2D eigenvalue weighted by Gasteiger charge is -2.20. The van der Waals surface area contributed by atoms with Gasteiger partial charge >= 0.3 is 0 Å². The number of hydrogen-bond donors (Lipinski definition) is 0. The largest absolute Gasteiger partial charge is 0.310 e. The Morgan fingerprint density at radius 2 is 0.810 bits per heavy atom. The highest BCUT2D eigenvalue weighted by atomic mass is 15.0. The molecule has 9 heteroatoms. The number of hydrogen-bond acceptors (Lipinski definition) is 0. The van der Waals surface area contributed by atoms with Crippen molar-refractivity contribution >= 4 is 137 Å². The molecule has 11 rings (SSSR count). The molecule has 0 amide bonds. The van der Waals surface area contributed by atoms with E-state index in [-0.39, 0.29) is 0 Å². The van der Waals surface area contributed by atoms with Crippen molar-refractivity contribution in [2.45, 2.75) is 0 Å². The van der Waals surface area contributed by atoms with E-state index in [9.17, 15) is 0 Å². The van der Waals surface area contributed by atoms with Crippen molar-refractivity contribution in [3.05, 3.63) is 176 Å². The molecule has 0 saturated heterocycles. The summed E-state index contributed by atoms with van der Waals surface area (Å²) < 4.78 is 5.06. The molecule has 0 aliphatic heterocycles. The van der Waals surface area contributed by atoms with Crippen LogP contribution in [-0.2, 0) is 0 Å². The molecule has 0 N–H and O–H groups in total. The third-order valence-electron chi connectivity index (χ3n) is 14.3. The summed E-state index contributed by atoms with van der Waals surface area (Å²) in [5.74, 6) is 0. The average molecular weight is 796 g/mol. The van der Waals surface area contributed by atoms with Crippen LogP contribution in [0.25, 0.3) is 99.5 Å². The van der Waals surface area contributed by atoms with E-state index in [2.05, 4.69) is 240 Å². The van der Waals surface area contributed by atoms with Gasteiger partial charge in [0.25, 0.3) is 0 Å². The summed E-state index contributed by atoms with van der Waals surface area (Å²) in [5, 5.41) is 5.23. The molecule has 9 aromatic carbocycles. The third-order valence-corrected chi connectivity index (χ3v) is 14.3. The van der Waals surface area contributed by atoms with Gasteiger partial charge in [0.2, 0.25) is 0 Å². The Bertz CT molecular complexity index is 3620. The minimum absolute atomic E-state index is 1.15. The first-order valence-electron chi connectivity index (χ1n) is 22.2. The van der Waals surface area contributed by atoms with E-state index in [0.29, 0.717) is 0 Å². The molecular weight excluding hydrogens is 752 g/mol. The molecule has 0 atom stereocenters. The Labute approximate surface area is 375 Å². The van der Waals surface area contributed by atoms with Gasteiger partial charge in [0.1, 0.15) is 54.9 Å². The van der Waals surface area contributed by atoms with Crippen LogP contribution in [0.3, 0.4) is 0 Å².